The van der Waals surface area contributed by atoms with Crippen LogP contribution in [0.2, 0.25) is 0 Å². The Labute approximate surface area is 232 Å². The average Bonchev–Trinajstić information content (AvgIpc) is 3.28. The molecule has 0 bridgehead atoms. The Kier molecular flexibility index (Phi) is 6.61. The van der Waals surface area contributed by atoms with Crippen LogP contribution in [0.3, 0.4) is 0 Å². The van der Waals surface area contributed by atoms with Crippen LogP contribution < -0.4 is 19.6 Å². The minimum Gasteiger partial charge on any atom is -0.482 e. The predicted octanol–water partition coefficient (Wildman–Crippen LogP) is 3.78. The van der Waals surface area contributed by atoms with Crippen molar-refractivity contribution in [2.24, 2.45) is 4.99 Å². The normalized spacial score (nSPS) is 15.9. The van der Waals surface area contributed by atoms with Crippen LogP contribution in [0.4, 0.5) is 5.69 Å². The van der Waals surface area contributed by atoms with Gasteiger partial charge in [-0.05, 0) is 53.3 Å². The lowest BCUT2D eigenvalue weighted by atomic mass is 9.83. The van der Waals surface area contributed by atoms with E-state index in [0.717, 1.165) is 23.3 Å². The second-order valence-corrected chi connectivity index (χ2v) is 10.4. The molecule has 0 saturated heterocycles. The van der Waals surface area contributed by atoms with E-state index in [1.165, 1.54) is 30.1 Å². The van der Waals surface area contributed by atoms with Crippen LogP contribution in [0, 0.1) is 10.1 Å². The van der Waals surface area contributed by atoms with Gasteiger partial charge in [0.1, 0.15) is 5.75 Å². The van der Waals surface area contributed by atoms with Crippen LogP contribution in [0.15, 0.2) is 88.2 Å². The van der Waals surface area contributed by atoms with Crippen molar-refractivity contribution in [3.63, 3.8) is 0 Å². The molecule has 0 amide bonds. The van der Waals surface area contributed by atoms with Crippen LogP contribution in [0.1, 0.15) is 34.7 Å². The zero-order valence-corrected chi connectivity index (χ0v) is 22.2. The van der Waals surface area contributed by atoms with Crippen LogP contribution in [0.25, 0.3) is 11.8 Å². The number of carbonyl (C=O) groups is 1. The van der Waals surface area contributed by atoms with E-state index in [4.69, 9.17) is 9.73 Å². The van der Waals surface area contributed by atoms with Gasteiger partial charge in [0.15, 0.2) is 11.4 Å². The van der Waals surface area contributed by atoms with Gasteiger partial charge in [0.25, 0.3) is 11.2 Å². The Morgan fingerprint density at radius 2 is 1.95 bits per heavy atom. The summed E-state index contributed by atoms with van der Waals surface area (Å²) in [5, 5.41) is 11.6. The van der Waals surface area contributed by atoms with Crippen molar-refractivity contribution in [1.29, 1.82) is 0 Å². The zero-order valence-electron chi connectivity index (χ0n) is 21.4. The van der Waals surface area contributed by atoms with Crippen molar-refractivity contribution in [3.05, 3.63) is 130 Å². The van der Waals surface area contributed by atoms with Crippen LogP contribution in [-0.2, 0) is 16.0 Å². The summed E-state index contributed by atoms with van der Waals surface area (Å²) in [6.45, 7) is -0.224. The molecular formula is C30H23N3O6S. The van der Waals surface area contributed by atoms with Crippen molar-refractivity contribution in [1.82, 2.24) is 4.57 Å². The van der Waals surface area contributed by atoms with Gasteiger partial charge in [-0.25, -0.2) is 9.79 Å². The van der Waals surface area contributed by atoms with Gasteiger partial charge in [-0.2, -0.15) is 0 Å². The number of benzene rings is 3. The largest absolute Gasteiger partial charge is 0.482 e. The van der Waals surface area contributed by atoms with Gasteiger partial charge in [-0.3, -0.25) is 19.5 Å². The van der Waals surface area contributed by atoms with Gasteiger partial charge in [-0.15, -0.1) is 0 Å². The number of non-ortho nitro benzene ring substituents is 1. The molecule has 3 aromatic carbocycles. The Bertz CT molecular complexity index is 1890. The van der Waals surface area contributed by atoms with Gasteiger partial charge >= 0.3 is 5.97 Å². The summed E-state index contributed by atoms with van der Waals surface area (Å²) >= 11 is 1.27. The monoisotopic (exact) mass is 553 g/mol. The van der Waals surface area contributed by atoms with E-state index in [2.05, 4.69) is 10.8 Å². The van der Waals surface area contributed by atoms with E-state index in [0.29, 0.717) is 32.6 Å². The SMILES string of the molecule is COC(=O)COc1cccc(C=c2sc3n(c2=O)C(c2cccc([N+](=O)[O-])c2)C2=C(N=3)c3ccccc3CC2)c1. The van der Waals surface area contributed by atoms with E-state index in [-0.39, 0.29) is 17.9 Å². The van der Waals surface area contributed by atoms with Gasteiger partial charge < -0.3 is 9.47 Å². The molecule has 0 saturated carbocycles. The highest BCUT2D eigenvalue weighted by atomic mass is 32.1. The van der Waals surface area contributed by atoms with Gasteiger partial charge in [-0.1, -0.05) is 59.9 Å². The number of ether oxygens (including phenoxy) is 2. The number of thiazole rings is 1. The van der Waals surface area contributed by atoms with Crippen LogP contribution >= 0.6 is 11.3 Å². The summed E-state index contributed by atoms with van der Waals surface area (Å²) in [6, 6.07) is 21.1. The Hall–Kier alpha value is -4.83. The van der Waals surface area contributed by atoms with Gasteiger partial charge in [0.2, 0.25) is 0 Å². The quantitative estimate of drug-likeness (QED) is 0.204. The Morgan fingerprint density at radius 1 is 1.12 bits per heavy atom. The number of aryl methyl sites for hydroxylation is 1. The zero-order chi connectivity index (χ0) is 27.8. The molecule has 0 radical (unpaired) electrons. The van der Waals surface area contributed by atoms with E-state index in [9.17, 15) is 19.7 Å². The highest BCUT2D eigenvalue weighted by molar-refractivity contribution is 7.07. The third-order valence-corrected chi connectivity index (χ3v) is 7.99. The fourth-order valence-corrected chi connectivity index (χ4v) is 6.18. The molecule has 200 valence electrons. The summed E-state index contributed by atoms with van der Waals surface area (Å²) in [5.74, 6) is -0.0288. The molecule has 4 aromatic rings. The fourth-order valence-electron chi connectivity index (χ4n) is 5.18. The molecule has 0 fully saturated rings. The number of hydrogen-bond acceptors (Lipinski definition) is 8. The van der Waals surface area contributed by atoms with Crippen LogP contribution in [-0.4, -0.2) is 29.2 Å². The summed E-state index contributed by atoms with van der Waals surface area (Å²) in [6.07, 6.45) is 3.24. The number of fused-ring (bicyclic) bond motifs is 3. The molecule has 1 aromatic heterocycles. The highest BCUT2D eigenvalue weighted by Gasteiger charge is 2.33. The first-order valence-electron chi connectivity index (χ1n) is 12.6. The average molecular weight is 554 g/mol. The van der Waals surface area contributed by atoms with E-state index < -0.39 is 16.9 Å². The topological polar surface area (TPSA) is 113 Å². The number of carbonyl (C=O) groups excluding carboxylic acids is 1. The molecule has 9 nitrogen and oxygen atoms in total. The second kappa shape index (κ2) is 10.4. The molecule has 2 aliphatic rings. The van der Waals surface area contributed by atoms with E-state index >= 15 is 0 Å². The third kappa shape index (κ3) is 4.62. The molecule has 40 heavy (non-hydrogen) atoms. The molecule has 10 heteroatoms. The standard InChI is InChI=1S/C30H23N3O6S/c1-38-26(34)17-39-22-10-4-6-18(14-22)15-25-29(35)32-28(20-8-5-9-21(16-20)33(36)37)24-13-12-19-7-2-3-11-23(19)27(24)31-30(32)40-25/h2-11,14-16,28H,12-13,17H2,1H3. The fraction of sp³-hybridized carbons (Fsp3) is 0.167. The smallest absolute Gasteiger partial charge is 0.343 e. The minimum atomic E-state index is -0.517. The van der Waals surface area contributed by atoms with Crippen molar-refractivity contribution < 1.29 is 19.2 Å². The molecule has 1 aliphatic carbocycles. The molecule has 1 atom stereocenters. The van der Waals surface area contributed by atoms with Crippen molar-refractivity contribution in [2.45, 2.75) is 18.9 Å². The molecule has 2 heterocycles. The third-order valence-electron chi connectivity index (χ3n) is 7.01. The highest BCUT2D eigenvalue weighted by Crippen LogP contribution is 2.41. The lowest BCUT2D eigenvalue weighted by Crippen LogP contribution is -2.38. The first-order valence-corrected chi connectivity index (χ1v) is 13.4. The summed E-state index contributed by atoms with van der Waals surface area (Å²) in [7, 11) is 1.29. The number of esters is 1. The first-order chi connectivity index (χ1) is 19.4. The Morgan fingerprint density at radius 3 is 2.77 bits per heavy atom. The Balaban J connectivity index is 1.51. The van der Waals surface area contributed by atoms with Gasteiger partial charge in [0, 0.05) is 17.7 Å². The maximum Gasteiger partial charge on any atom is 0.343 e. The molecule has 1 aliphatic heterocycles. The summed E-state index contributed by atoms with van der Waals surface area (Å²) in [5.41, 5.74) is 5.12. The van der Waals surface area contributed by atoms with Gasteiger partial charge in [0.05, 0.1) is 28.3 Å². The summed E-state index contributed by atoms with van der Waals surface area (Å²) in [4.78, 5) is 42.0. The number of hydrogen-bond donors (Lipinski definition) is 0. The molecule has 1 unspecified atom stereocenters. The maximum absolute atomic E-state index is 13.9. The van der Waals surface area contributed by atoms with Crippen LogP contribution in [0.5, 0.6) is 5.75 Å². The minimum absolute atomic E-state index is 0.0289. The maximum atomic E-state index is 13.9. The number of nitro groups is 1. The van der Waals surface area contributed by atoms with E-state index in [1.807, 2.05) is 30.3 Å². The molecular weight excluding hydrogens is 530 g/mol. The molecule has 6 rings (SSSR count). The van der Waals surface area contributed by atoms with Crippen molar-refractivity contribution in [3.8, 4) is 5.75 Å². The number of rotatable bonds is 6. The number of methoxy groups -OCH3 is 1. The van der Waals surface area contributed by atoms with Crippen molar-refractivity contribution >= 4 is 34.8 Å². The number of allylic oxidation sites excluding steroid dienone is 1. The number of nitrogens with zero attached hydrogens (tertiary/aromatic N) is 3. The van der Waals surface area contributed by atoms with E-state index in [1.54, 1.807) is 41.0 Å². The molecule has 0 N–H and O–H groups in total. The lowest BCUT2D eigenvalue weighted by molar-refractivity contribution is -0.384. The molecule has 0 spiro atoms. The second-order valence-electron chi connectivity index (χ2n) is 9.40. The first kappa shape index (κ1) is 25.4. The number of nitro benzene ring substituents is 1. The predicted molar refractivity (Wildman–Crippen MR) is 150 cm³/mol. The summed E-state index contributed by atoms with van der Waals surface area (Å²) < 4.78 is 12.2. The van der Waals surface area contributed by atoms with Crippen molar-refractivity contribution in [2.75, 3.05) is 13.7 Å². The lowest BCUT2D eigenvalue weighted by Gasteiger charge is -2.30. The number of aromatic nitrogens is 1.